The van der Waals surface area contributed by atoms with Crippen molar-refractivity contribution in [2.24, 2.45) is 13.0 Å². The van der Waals surface area contributed by atoms with Gasteiger partial charge in [-0.25, -0.2) is 0 Å². The molecule has 2 aromatic rings. The van der Waals surface area contributed by atoms with E-state index in [-0.39, 0.29) is 35.9 Å². The highest BCUT2D eigenvalue weighted by Crippen LogP contribution is 2.34. The van der Waals surface area contributed by atoms with E-state index in [4.69, 9.17) is 14.3 Å². The van der Waals surface area contributed by atoms with Gasteiger partial charge in [-0.1, -0.05) is 5.21 Å². The molecule has 3 rings (SSSR count). The quantitative estimate of drug-likeness (QED) is 0.833. The molecule has 0 bridgehead atoms. The van der Waals surface area contributed by atoms with Crippen LogP contribution in [0.2, 0.25) is 0 Å². The summed E-state index contributed by atoms with van der Waals surface area (Å²) in [5, 5.41) is 17.2. The molecule has 0 aliphatic carbocycles. The topological polar surface area (TPSA) is 111 Å². The molecule has 25 heavy (non-hydrogen) atoms. The second-order valence-electron chi connectivity index (χ2n) is 6.04. The van der Waals surface area contributed by atoms with Gasteiger partial charge in [0.2, 0.25) is 0 Å². The van der Waals surface area contributed by atoms with Crippen LogP contribution < -0.4 is 4.74 Å². The number of likely N-dealkylation sites (tertiary alicyclic amines) is 1. The molecule has 1 saturated heterocycles. The summed E-state index contributed by atoms with van der Waals surface area (Å²) in [6.45, 7) is 2.98. The zero-order valence-electron chi connectivity index (χ0n) is 14.1. The summed E-state index contributed by atoms with van der Waals surface area (Å²) in [6.07, 6.45) is 1.72. The molecule has 1 aliphatic heterocycles. The Morgan fingerprint density at radius 3 is 2.84 bits per heavy atom. The number of ether oxygens (including phenoxy) is 1. The molecule has 9 heteroatoms. The number of nitrogens with zero attached hydrogens (tertiary/aromatic N) is 4. The highest BCUT2D eigenvalue weighted by atomic mass is 16.6. The Morgan fingerprint density at radius 1 is 1.40 bits per heavy atom. The van der Waals surface area contributed by atoms with E-state index in [1.165, 1.54) is 0 Å². The third-order valence-corrected chi connectivity index (χ3v) is 4.24. The molecule has 1 amide bonds. The Kier molecular flexibility index (Phi) is 4.73. The van der Waals surface area contributed by atoms with E-state index in [2.05, 4.69) is 10.3 Å². The molecule has 1 aliphatic rings. The number of carbonyl (C=O) groups is 2. The zero-order valence-corrected chi connectivity index (χ0v) is 14.1. The monoisotopic (exact) mass is 348 g/mol. The van der Waals surface area contributed by atoms with Crippen molar-refractivity contribution < 1.29 is 23.8 Å². The first-order chi connectivity index (χ1) is 12.0. The van der Waals surface area contributed by atoms with Crippen LogP contribution in [-0.2, 0) is 11.8 Å². The van der Waals surface area contributed by atoms with Crippen LogP contribution in [0.4, 0.5) is 0 Å². The summed E-state index contributed by atoms with van der Waals surface area (Å²) in [7, 11) is 1.75. The predicted octanol–water partition coefficient (Wildman–Crippen LogP) is 1.14. The van der Waals surface area contributed by atoms with Gasteiger partial charge < -0.3 is 19.2 Å². The van der Waals surface area contributed by atoms with E-state index in [0.29, 0.717) is 25.4 Å². The number of rotatable bonds is 6. The van der Waals surface area contributed by atoms with Crippen LogP contribution in [0.1, 0.15) is 35.5 Å². The SMILES string of the molecule is CCOc1ccc(C(=O)N2C[C@H](CC(=O)O)[C@H](c3cn(C)nn3)C2)o1. The van der Waals surface area contributed by atoms with Crippen LogP contribution in [0.15, 0.2) is 22.7 Å². The molecular formula is C16H20N4O5. The number of carbonyl (C=O) groups excluding carboxylic acids is 1. The van der Waals surface area contributed by atoms with E-state index in [9.17, 15) is 9.59 Å². The Labute approximate surface area is 144 Å². The largest absolute Gasteiger partial charge is 0.481 e. The van der Waals surface area contributed by atoms with Gasteiger partial charge in [0.15, 0.2) is 5.76 Å². The maximum Gasteiger partial charge on any atom is 0.303 e. The molecule has 1 N–H and O–H groups in total. The normalized spacial score (nSPS) is 20.0. The second-order valence-corrected chi connectivity index (χ2v) is 6.04. The molecule has 0 unspecified atom stereocenters. The van der Waals surface area contributed by atoms with Crippen molar-refractivity contribution in [2.75, 3.05) is 19.7 Å². The third kappa shape index (κ3) is 3.65. The first-order valence-corrected chi connectivity index (χ1v) is 8.07. The zero-order chi connectivity index (χ0) is 18.0. The Morgan fingerprint density at radius 2 is 2.20 bits per heavy atom. The van der Waals surface area contributed by atoms with Gasteiger partial charge in [0.25, 0.3) is 11.9 Å². The van der Waals surface area contributed by atoms with Crippen LogP contribution in [0.5, 0.6) is 5.95 Å². The van der Waals surface area contributed by atoms with Crippen LogP contribution in [0, 0.1) is 5.92 Å². The van der Waals surface area contributed by atoms with Crippen LogP contribution in [-0.4, -0.2) is 56.6 Å². The molecule has 3 heterocycles. The number of aryl methyl sites for hydroxylation is 1. The summed E-state index contributed by atoms with van der Waals surface area (Å²) in [4.78, 5) is 25.4. The molecule has 1 fully saturated rings. The fourth-order valence-corrected chi connectivity index (χ4v) is 3.15. The minimum absolute atomic E-state index is 0.0344. The molecule has 0 spiro atoms. The predicted molar refractivity (Wildman–Crippen MR) is 85.3 cm³/mol. The number of hydrogen-bond acceptors (Lipinski definition) is 6. The van der Waals surface area contributed by atoms with E-state index in [1.54, 1.807) is 35.0 Å². The highest BCUT2D eigenvalue weighted by molar-refractivity contribution is 5.92. The van der Waals surface area contributed by atoms with Crippen molar-refractivity contribution >= 4 is 11.9 Å². The number of carboxylic acids is 1. The minimum Gasteiger partial charge on any atom is -0.481 e. The van der Waals surface area contributed by atoms with E-state index < -0.39 is 5.97 Å². The number of aliphatic carboxylic acids is 1. The first-order valence-electron chi connectivity index (χ1n) is 8.07. The van der Waals surface area contributed by atoms with Crippen molar-refractivity contribution in [3.05, 3.63) is 29.8 Å². The smallest absolute Gasteiger partial charge is 0.303 e. The van der Waals surface area contributed by atoms with Crippen molar-refractivity contribution in [1.29, 1.82) is 0 Å². The lowest BCUT2D eigenvalue weighted by Crippen LogP contribution is -2.28. The van der Waals surface area contributed by atoms with Crippen LogP contribution in [0.25, 0.3) is 0 Å². The second kappa shape index (κ2) is 6.96. The lowest BCUT2D eigenvalue weighted by Gasteiger charge is -2.14. The molecule has 0 aromatic carbocycles. The lowest BCUT2D eigenvalue weighted by atomic mass is 9.91. The van der Waals surface area contributed by atoms with Gasteiger partial charge in [-0.15, -0.1) is 5.10 Å². The molecule has 2 aromatic heterocycles. The fourth-order valence-electron chi connectivity index (χ4n) is 3.15. The number of amides is 1. The highest BCUT2D eigenvalue weighted by Gasteiger charge is 2.39. The summed E-state index contributed by atoms with van der Waals surface area (Å²) < 4.78 is 12.2. The van der Waals surface area contributed by atoms with Gasteiger partial charge in [0.1, 0.15) is 0 Å². The number of aromatic nitrogens is 3. The summed E-state index contributed by atoms with van der Waals surface area (Å²) in [5.41, 5.74) is 0.693. The minimum atomic E-state index is -0.898. The first kappa shape index (κ1) is 17.0. The average molecular weight is 348 g/mol. The van der Waals surface area contributed by atoms with Crippen LogP contribution in [0.3, 0.4) is 0 Å². The summed E-state index contributed by atoms with van der Waals surface area (Å²) in [5.74, 6) is -1.11. The summed E-state index contributed by atoms with van der Waals surface area (Å²) in [6, 6.07) is 3.16. The lowest BCUT2D eigenvalue weighted by molar-refractivity contribution is -0.138. The van der Waals surface area contributed by atoms with Gasteiger partial charge in [0, 0.05) is 38.3 Å². The molecule has 9 nitrogen and oxygen atoms in total. The van der Waals surface area contributed by atoms with E-state index in [0.717, 1.165) is 0 Å². The molecule has 0 saturated carbocycles. The maximum atomic E-state index is 12.7. The Bertz CT molecular complexity index is 768. The van der Waals surface area contributed by atoms with Crippen molar-refractivity contribution in [3.63, 3.8) is 0 Å². The Balaban J connectivity index is 1.78. The summed E-state index contributed by atoms with van der Waals surface area (Å²) >= 11 is 0. The average Bonchev–Trinajstić information content (AvgIpc) is 3.26. The van der Waals surface area contributed by atoms with Crippen molar-refractivity contribution in [1.82, 2.24) is 19.9 Å². The third-order valence-electron chi connectivity index (χ3n) is 4.24. The van der Waals surface area contributed by atoms with Crippen molar-refractivity contribution in [2.45, 2.75) is 19.3 Å². The van der Waals surface area contributed by atoms with Crippen LogP contribution >= 0.6 is 0 Å². The van der Waals surface area contributed by atoms with Crippen molar-refractivity contribution in [3.8, 4) is 5.95 Å². The fraction of sp³-hybridized carbons (Fsp3) is 0.500. The van der Waals surface area contributed by atoms with Gasteiger partial charge in [0.05, 0.1) is 18.7 Å². The standard InChI is InChI=1S/C16H20N4O5/c1-3-24-15-5-4-13(25-15)16(23)20-7-10(6-14(21)22)11(8-20)12-9-19(2)18-17-12/h4-5,9-11H,3,6-8H2,1-2H3,(H,21,22)/t10-,11+/m0/s1. The van der Waals surface area contributed by atoms with Gasteiger partial charge in [-0.2, -0.15) is 0 Å². The number of carboxylic acid groups (broad SMARTS) is 1. The van der Waals surface area contributed by atoms with E-state index in [1.807, 2.05) is 6.92 Å². The van der Waals surface area contributed by atoms with Gasteiger partial charge >= 0.3 is 5.97 Å². The number of hydrogen-bond donors (Lipinski definition) is 1. The molecule has 2 atom stereocenters. The molecular weight excluding hydrogens is 328 g/mol. The van der Waals surface area contributed by atoms with Gasteiger partial charge in [-0.05, 0) is 18.9 Å². The number of furan rings is 1. The van der Waals surface area contributed by atoms with Gasteiger partial charge in [-0.3, -0.25) is 14.3 Å². The molecule has 134 valence electrons. The van der Waals surface area contributed by atoms with E-state index >= 15 is 0 Å². The Hall–Kier alpha value is -2.84. The maximum absolute atomic E-state index is 12.7. The molecule has 0 radical (unpaired) electrons.